The molecule has 18 heavy (non-hydrogen) atoms. The highest BCUT2D eigenvalue weighted by molar-refractivity contribution is 5.87. The number of likely N-dealkylation sites (N-methyl/N-ethyl adjacent to an activating group) is 1. The van der Waals surface area contributed by atoms with Crippen LogP contribution in [-0.2, 0) is 14.3 Å². The van der Waals surface area contributed by atoms with Crippen LogP contribution in [0.15, 0.2) is 10.7 Å². The van der Waals surface area contributed by atoms with Gasteiger partial charge in [0.05, 0.1) is 13.2 Å². The summed E-state index contributed by atoms with van der Waals surface area (Å²) in [6, 6.07) is 0.158. The second-order valence-electron chi connectivity index (χ2n) is 3.40. The first-order chi connectivity index (χ1) is 8.58. The number of nitrogens with zero attached hydrogens (tertiary/aromatic N) is 2. The molecule has 1 rings (SSSR count). The standard InChI is InChI=1S/C11H16N2O5/c1-4-16-9(14)6-13(3)11-12-8(7-18-11)10(15)17-5-2/h7H,4-6H2,1-3H3. The fourth-order valence-corrected chi connectivity index (χ4v) is 1.21. The molecule has 0 aliphatic heterocycles. The van der Waals surface area contributed by atoms with Crippen molar-refractivity contribution >= 4 is 18.0 Å². The lowest BCUT2D eigenvalue weighted by Gasteiger charge is -2.12. The van der Waals surface area contributed by atoms with Gasteiger partial charge >= 0.3 is 11.9 Å². The number of ether oxygens (including phenoxy) is 2. The average molecular weight is 256 g/mol. The van der Waals surface area contributed by atoms with E-state index in [-0.39, 0.29) is 24.9 Å². The van der Waals surface area contributed by atoms with E-state index in [9.17, 15) is 9.59 Å². The molecule has 0 fully saturated rings. The third-order valence-corrected chi connectivity index (χ3v) is 1.97. The highest BCUT2D eigenvalue weighted by atomic mass is 16.5. The van der Waals surface area contributed by atoms with E-state index in [1.165, 1.54) is 11.2 Å². The molecule has 0 aromatic carbocycles. The Balaban J connectivity index is 2.61. The van der Waals surface area contributed by atoms with Gasteiger partial charge in [-0.3, -0.25) is 4.79 Å². The zero-order valence-corrected chi connectivity index (χ0v) is 10.6. The van der Waals surface area contributed by atoms with Gasteiger partial charge in [0, 0.05) is 7.05 Å². The van der Waals surface area contributed by atoms with E-state index in [0.29, 0.717) is 6.61 Å². The second-order valence-corrected chi connectivity index (χ2v) is 3.40. The summed E-state index contributed by atoms with van der Waals surface area (Å²) in [7, 11) is 1.61. The largest absolute Gasteiger partial charge is 0.465 e. The van der Waals surface area contributed by atoms with Crippen molar-refractivity contribution in [1.29, 1.82) is 0 Å². The number of rotatable bonds is 6. The van der Waals surface area contributed by atoms with Gasteiger partial charge in [-0.25, -0.2) is 4.79 Å². The molecule has 1 aromatic rings. The van der Waals surface area contributed by atoms with Crippen molar-refractivity contribution < 1.29 is 23.5 Å². The average Bonchev–Trinajstić information content (AvgIpc) is 2.78. The van der Waals surface area contributed by atoms with Gasteiger partial charge in [-0.05, 0) is 13.8 Å². The predicted octanol–water partition coefficient (Wildman–Crippen LogP) is 0.851. The van der Waals surface area contributed by atoms with Crippen LogP contribution < -0.4 is 4.90 Å². The van der Waals surface area contributed by atoms with Gasteiger partial charge < -0.3 is 18.8 Å². The number of hydrogen-bond acceptors (Lipinski definition) is 7. The molecule has 0 aliphatic carbocycles. The minimum Gasteiger partial charge on any atom is -0.465 e. The van der Waals surface area contributed by atoms with E-state index in [4.69, 9.17) is 13.9 Å². The minimum atomic E-state index is -0.558. The van der Waals surface area contributed by atoms with Crippen molar-refractivity contribution in [3.05, 3.63) is 12.0 Å². The van der Waals surface area contributed by atoms with Crippen LogP contribution in [0.2, 0.25) is 0 Å². The number of esters is 2. The normalized spacial score (nSPS) is 9.94. The van der Waals surface area contributed by atoms with Crippen molar-refractivity contribution in [3.8, 4) is 0 Å². The van der Waals surface area contributed by atoms with Crippen molar-refractivity contribution in [2.75, 3.05) is 31.7 Å². The van der Waals surface area contributed by atoms with Crippen LogP contribution in [-0.4, -0.2) is 43.7 Å². The van der Waals surface area contributed by atoms with E-state index in [2.05, 4.69) is 4.98 Å². The fraction of sp³-hybridized carbons (Fsp3) is 0.545. The van der Waals surface area contributed by atoms with Gasteiger partial charge in [0.15, 0.2) is 5.69 Å². The summed E-state index contributed by atoms with van der Waals surface area (Å²) in [5.41, 5.74) is 0.0718. The van der Waals surface area contributed by atoms with E-state index in [0.717, 1.165) is 0 Å². The highest BCUT2D eigenvalue weighted by Gasteiger charge is 2.17. The number of aromatic nitrogens is 1. The van der Waals surface area contributed by atoms with Gasteiger partial charge in [-0.1, -0.05) is 0 Å². The lowest BCUT2D eigenvalue weighted by Crippen LogP contribution is -2.27. The lowest BCUT2D eigenvalue weighted by atomic mass is 10.5. The summed E-state index contributed by atoms with van der Waals surface area (Å²) in [4.78, 5) is 28.0. The zero-order chi connectivity index (χ0) is 13.5. The summed E-state index contributed by atoms with van der Waals surface area (Å²) >= 11 is 0. The quantitative estimate of drug-likeness (QED) is 0.698. The maximum absolute atomic E-state index is 11.4. The van der Waals surface area contributed by atoms with Gasteiger partial charge in [0.1, 0.15) is 12.8 Å². The molecule has 0 spiro atoms. The van der Waals surface area contributed by atoms with Crippen LogP contribution in [0.4, 0.5) is 6.01 Å². The van der Waals surface area contributed by atoms with Crippen LogP contribution in [0, 0.1) is 0 Å². The van der Waals surface area contributed by atoms with Crippen LogP contribution in [0.25, 0.3) is 0 Å². The molecule has 0 bridgehead atoms. The Morgan fingerprint density at radius 3 is 2.61 bits per heavy atom. The maximum Gasteiger partial charge on any atom is 0.360 e. The fourth-order valence-electron chi connectivity index (χ4n) is 1.21. The monoisotopic (exact) mass is 256 g/mol. The van der Waals surface area contributed by atoms with Crippen LogP contribution in [0.3, 0.4) is 0 Å². The Kier molecular flexibility index (Phi) is 5.16. The molecular weight excluding hydrogens is 240 g/mol. The van der Waals surface area contributed by atoms with Crippen LogP contribution in [0.5, 0.6) is 0 Å². The van der Waals surface area contributed by atoms with Gasteiger partial charge in [-0.2, -0.15) is 4.98 Å². The van der Waals surface area contributed by atoms with Crippen molar-refractivity contribution in [1.82, 2.24) is 4.98 Å². The molecule has 0 amide bonds. The predicted molar refractivity (Wildman–Crippen MR) is 62.4 cm³/mol. The molecule has 0 unspecified atom stereocenters. The molecule has 0 aliphatic rings. The number of carbonyl (C=O) groups is 2. The van der Waals surface area contributed by atoms with Gasteiger partial charge in [-0.15, -0.1) is 0 Å². The second kappa shape index (κ2) is 6.63. The first-order valence-electron chi connectivity index (χ1n) is 5.57. The van der Waals surface area contributed by atoms with E-state index >= 15 is 0 Å². The molecule has 0 radical (unpaired) electrons. The third kappa shape index (κ3) is 3.76. The van der Waals surface area contributed by atoms with Crippen LogP contribution in [0.1, 0.15) is 24.3 Å². The summed E-state index contributed by atoms with van der Waals surface area (Å²) in [6.45, 7) is 4.00. The minimum absolute atomic E-state index is 0.00335. The zero-order valence-electron chi connectivity index (χ0n) is 10.6. The van der Waals surface area contributed by atoms with Gasteiger partial charge in [0.25, 0.3) is 6.01 Å². The Morgan fingerprint density at radius 2 is 2.00 bits per heavy atom. The van der Waals surface area contributed by atoms with E-state index in [1.54, 1.807) is 20.9 Å². The van der Waals surface area contributed by atoms with Crippen molar-refractivity contribution in [3.63, 3.8) is 0 Å². The smallest absolute Gasteiger partial charge is 0.360 e. The van der Waals surface area contributed by atoms with Crippen molar-refractivity contribution in [2.24, 2.45) is 0 Å². The van der Waals surface area contributed by atoms with Gasteiger partial charge in [0.2, 0.25) is 0 Å². The Bertz CT molecular complexity index is 415. The SMILES string of the molecule is CCOC(=O)CN(C)c1nc(C(=O)OCC)co1. The summed E-state index contributed by atoms with van der Waals surface area (Å²) in [6.07, 6.45) is 1.19. The third-order valence-electron chi connectivity index (χ3n) is 1.97. The number of oxazole rings is 1. The molecule has 7 heteroatoms. The molecule has 7 nitrogen and oxygen atoms in total. The topological polar surface area (TPSA) is 81.9 Å². The molecule has 0 saturated heterocycles. The summed E-state index contributed by atoms with van der Waals surface area (Å²) in [5, 5.41) is 0. The molecule has 0 saturated carbocycles. The molecule has 0 atom stereocenters. The molecule has 0 N–H and O–H groups in total. The number of hydrogen-bond donors (Lipinski definition) is 0. The maximum atomic E-state index is 11.4. The number of anilines is 1. The molecule has 1 heterocycles. The van der Waals surface area contributed by atoms with E-state index < -0.39 is 11.9 Å². The first-order valence-corrected chi connectivity index (χ1v) is 5.57. The molecule has 1 aromatic heterocycles. The Morgan fingerprint density at radius 1 is 1.33 bits per heavy atom. The summed E-state index contributed by atoms with van der Waals surface area (Å²) < 4.78 is 14.6. The summed E-state index contributed by atoms with van der Waals surface area (Å²) in [5.74, 6) is -0.951. The molecule has 100 valence electrons. The highest BCUT2D eigenvalue weighted by Crippen LogP contribution is 2.12. The van der Waals surface area contributed by atoms with Crippen molar-refractivity contribution in [2.45, 2.75) is 13.8 Å². The Hall–Kier alpha value is -2.05. The van der Waals surface area contributed by atoms with E-state index in [1.807, 2.05) is 0 Å². The first kappa shape index (κ1) is 14.0. The molecular formula is C11H16N2O5. The Labute approximate surface area is 105 Å². The lowest BCUT2D eigenvalue weighted by molar-refractivity contribution is -0.141. The number of carbonyl (C=O) groups excluding carboxylic acids is 2. The van der Waals surface area contributed by atoms with Crippen LogP contribution >= 0.6 is 0 Å².